The van der Waals surface area contributed by atoms with Gasteiger partial charge in [0.25, 0.3) is 0 Å². The summed E-state index contributed by atoms with van der Waals surface area (Å²) in [6.45, 7) is 4.12. The van der Waals surface area contributed by atoms with Crippen molar-refractivity contribution in [3.8, 4) is 5.75 Å². The Hall–Kier alpha value is -1.06. The highest BCUT2D eigenvalue weighted by atomic mass is 35.5. The van der Waals surface area contributed by atoms with Gasteiger partial charge in [0.15, 0.2) is 6.54 Å². The van der Waals surface area contributed by atoms with Crippen molar-refractivity contribution in [1.82, 2.24) is 0 Å². The monoisotopic (exact) mass is 256 g/mol. The molecule has 0 bridgehead atoms. The van der Waals surface area contributed by atoms with Crippen LogP contribution in [0.15, 0.2) is 12.1 Å². The van der Waals surface area contributed by atoms with Gasteiger partial charge in [-0.05, 0) is 37.1 Å². The van der Waals surface area contributed by atoms with Crippen LogP contribution in [0.4, 0.5) is 0 Å². The van der Waals surface area contributed by atoms with Gasteiger partial charge in [-0.1, -0.05) is 11.6 Å². The smallest absolute Gasteiger partial charge is 0.367 e. The minimum absolute atomic E-state index is 0.237. The molecule has 0 unspecified atom stereocenters. The van der Waals surface area contributed by atoms with Crippen molar-refractivity contribution in [3.05, 3.63) is 28.3 Å². The van der Waals surface area contributed by atoms with E-state index in [-0.39, 0.29) is 5.97 Å². The van der Waals surface area contributed by atoms with Crippen molar-refractivity contribution in [2.75, 3.05) is 27.7 Å². The fourth-order valence-corrected chi connectivity index (χ4v) is 1.63. The van der Waals surface area contributed by atoms with Gasteiger partial charge in [0, 0.05) is 5.02 Å². The number of quaternary nitrogens is 1. The molecule has 0 aliphatic rings. The molecule has 0 saturated carbocycles. The number of aryl methyl sites for hydroxylation is 2. The van der Waals surface area contributed by atoms with E-state index in [1.54, 1.807) is 12.1 Å². The zero-order chi connectivity index (χ0) is 13.2. The lowest BCUT2D eigenvalue weighted by atomic mass is 10.1. The van der Waals surface area contributed by atoms with Crippen molar-refractivity contribution in [3.63, 3.8) is 0 Å². The van der Waals surface area contributed by atoms with E-state index in [9.17, 15) is 4.79 Å². The van der Waals surface area contributed by atoms with Crippen LogP contribution < -0.4 is 4.74 Å². The summed E-state index contributed by atoms with van der Waals surface area (Å²) in [4.78, 5) is 11.7. The van der Waals surface area contributed by atoms with Crippen LogP contribution in [-0.4, -0.2) is 38.1 Å². The number of ether oxygens (including phenoxy) is 1. The van der Waals surface area contributed by atoms with Crippen molar-refractivity contribution in [2.45, 2.75) is 13.8 Å². The van der Waals surface area contributed by atoms with Crippen LogP contribution >= 0.6 is 11.6 Å². The Kier molecular flexibility index (Phi) is 4.17. The lowest BCUT2D eigenvalue weighted by Crippen LogP contribution is -2.41. The van der Waals surface area contributed by atoms with Crippen LogP contribution in [-0.2, 0) is 4.79 Å². The Morgan fingerprint density at radius 3 is 2.12 bits per heavy atom. The topological polar surface area (TPSA) is 26.3 Å². The van der Waals surface area contributed by atoms with Crippen molar-refractivity contribution in [2.24, 2.45) is 0 Å². The molecule has 0 fully saturated rings. The number of likely N-dealkylation sites (N-methyl/N-ethyl adjacent to an activating group) is 1. The first-order chi connectivity index (χ1) is 7.69. The van der Waals surface area contributed by atoms with Crippen LogP contribution in [0, 0.1) is 13.8 Å². The number of nitrogens with zero attached hydrogens (tertiary/aromatic N) is 1. The number of rotatable bonds is 3. The number of hydrogen-bond donors (Lipinski definition) is 0. The van der Waals surface area contributed by atoms with Gasteiger partial charge in [0.1, 0.15) is 5.75 Å². The molecule has 0 aromatic heterocycles. The van der Waals surface area contributed by atoms with E-state index in [1.165, 1.54) is 0 Å². The number of benzene rings is 1. The number of carbonyl (C=O) groups excluding carboxylic acids is 1. The zero-order valence-corrected chi connectivity index (χ0v) is 11.8. The second-order valence-corrected chi connectivity index (χ2v) is 5.67. The Bertz CT molecular complexity index is 413. The van der Waals surface area contributed by atoms with Crippen LogP contribution in [0.5, 0.6) is 5.75 Å². The number of carbonyl (C=O) groups is 1. The van der Waals surface area contributed by atoms with E-state index < -0.39 is 0 Å². The van der Waals surface area contributed by atoms with E-state index in [2.05, 4.69) is 0 Å². The number of hydrogen-bond acceptors (Lipinski definition) is 2. The zero-order valence-electron chi connectivity index (χ0n) is 11.0. The fraction of sp³-hybridized carbons (Fsp3) is 0.462. The molecule has 1 aromatic rings. The molecule has 0 radical (unpaired) electrons. The quantitative estimate of drug-likeness (QED) is 0.472. The Morgan fingerprint density at radius 2 is 1.71 bits per heavy atom. The lowest BCUT2D eigenvalue weighted by molar-refractivity contribution is -0.862. The molecule has 0 aliphatic heterocycles. The molecule has 1 aromatic carbocycles. The van der Waals surface area contributed by atoms with Gasteiger partial charge in [-0.25, -0.2) is 4.79 Å². The largest absolute Gasteiger partial charge is 0.422 e. The summed E-state index contributed by atoms with van der Waals surface area (Å²) >= 11 is 6.05. The van der Waals surface area contributed by atoms with Crippen molar-refractivity contribution < 1.29 is 14.0 Å². The third kappa shape index (κ3) is 4.36. The van der Waals surface area contributed by atoms with Crippen LogP contribution in [0.1, 0.15) is 11.1 Å². The molecular weight excluding hydrogens is 238 g/mol. The minimum atomic E-state index is -0.237. The molecule has 3 nitrogen and oxygen atoms in total. The Labute approximate surface area is 108 Å². The van der Waals surface area contributed by atoms with Crippen LogP contribution in [0.2, 0.25) is 5.02 Å². The minimum Gasteiger partial charge on any atom is -0.422 e. The van der Waals surface area contributed by atoms with Crippen LogP contribution in [0.3, 0.4) is 0 Å². The molecule has 0 aliphatic carbocycles. The van der Waals surface area contributed by atoms with Crippen molar-refractivity contribution in [1.29, 1.82) is 0 Å². The second-order valence-electron chi connectivity index (χ2n) is 5.29. The maximum absolute atomic E-state index is 11.7. The average molecular weight is 257 g/mol. The highest BCUT2D eigenvalue weighted by Crippen LogP contribution is 2.25. The normalized spacial score (nSPS) is 11.4. The summed E-state index contributed by atoms with van der Waals surface area (Å²) in [6, 6.07) is 3.56. The summed E-state index contributed by atoms with van der Waals surface area (Å²) in [5.74, 6) is 0.321. The maximum Gasteiger partial charge on any atom is 0.367 e. The van der Waals surface area contributed by atoms with Crippen LogP contribution in [0.25, 0.3) is 0 Å². The van der Waals surface area contributed by atoms with E-state index >= 15 is 0 Å². The summed E-state index contributed by atoms with van der Waals surface area (Å²) in [6.07, 6.45) is 0. The molecule has 0 saturated heterocycles. The number of halogens is 1. The van der Waals surface area contributed by atoms with Crippen molar-refractivity contribution >= 4 is 17.6 Å². The van der Waals surface area contributed by atoms with E-state index in [0.29, 0.717) is 16.8 Å². The summed E-state index contributed by atoms with van der Waals surface area (Å²) in [5, 5.41) is 0.719. The first kappa shape index (κ1) is 14.0. The third-order valence-electron chi connectivity index (χ3n) is 2.25. The van der Waals surface area contributed by atoms with Gasteiger partial charge >= 0.3 is 5.97 Å². The molecule has 17 heavy (non-hydrogen) atoms. The van der Waals surface area contributed by atoms with Gasteiger partial charge < -0.3 is 9.22 Å². The molecule has 1 rings (SSSR count). The first-order valence-corrected chi connectivity index (χ1v) is 5.85. The lowest BCUT2D eigenvalue weighted by Gasteiger charge is -2.22. The van der Waals surface area contributed by atoms with Gasteiger partial charge in [-0.15, -0.1) is 0 Å². The predicted molar refractivity (Wildman–Crippen MR) is 69.5 cm³/mol. The summed E-state index contributed by atoms with van der Waals surface area (Å²) in [7, 11) is 5.83. The molecule has 0 N–H and O–H groups in total. The van der Waals surface area contributed by atoms with Gasteiger partial charge in [0.05, 0.1) is 21.1 Å². The molecule has 4 heteroatoms. The fourth-order valence-electron chi connectivity index (χ4n) is 1.52. The highest BCUT2D eigenvalue weighted by molar-refractivity contribution is 6.32. The third-order valence-corrected chi connectivity index (χ3v) is 2.84. The molecule has 0 heterocycles. The van der Waals surface area contributed by atoms with Gasteiger partial charge in [0.2, 0.25) is 0 Å². The average Bonchev–Trinajstić information content (AvgIpc) is 2.10. The maximum atomic E-state index is 11.7. The first-order valence-electron chi connectivity index (χ1n) is 5.47. The Balaban J connectivity index is 2.79. The van der Waals surface area contributed by atoms with E-state index in [4.69, 9.17) is 16.3 Å². The Morgan fingerprint density at radius 1 is 1.24 bits per heavy atom. The SMILES string of the molecule is Cc1cc(OC(=O)C[N+](C)(C)C)cc(C)c1Cl. The molecule has 0 spiro atoms. The second kappa shape index (κ2) is 5.07. The molecule has 94 valence electrons. The summed E-state index contributed by atoms with van der Waals surface area (Å²) in [5.41, 5.74) is 1.83. The molecule has 0 amide bonds. The van der Waals surface area contributed by atoms with E-state index in [1.807, 2.05) is 35.0 Å². The predicted octanol–water partition coefficient (Wildman–Crippen LogP) is 2.57. The van der Waals surface area contributed by atoms with Gasteiger partial charge in [-0.3, -0.25) is 0 Å². The molecular formula is C13H19ClNO2+. The van der Waals surface area contributed by atoms with Gasteiger partial charge in [-0.2, -0.15) is 0 Å². The summed E-state index contributed by atoms with van der Waals surface area (Å²) < 4.78 is 5.84. The van der Waals surface area contributed by atoms with E-state index in [0.717, 1.165) is 16.1 Å². The highest BCUT2D eigenvalue weighted by Gasteiger charge is 2.16. The molecule has 0 atom stereocenters. The number of esters is 1. The standard InChI is InChI=1S/C13H19ClNO2/c1-9-6-11(7-10(2)13(9)14)17-12(16)8-15(3,4)5/h6-7H,8H2,1-5H3/q+1.